The molecule has 150 valence electrons. The molecule has 2 aromatic carbocycles. The first kappa shape index (κ1) is 20.5. The minimum Gasteiger partial charge on any atom is -0.363 e. The van der Waals surface area contributed by atoms with Crippen molar-refractivity contribution in [2.45, 2.75) is 31.5 Å². The second-order valence-electron chi connectivity index (χ2n) is 7.32. The molecule has 0 saturated carbocycles. The van der Waals surface area contributed by atoms with Gasteiger partial charge in [0, 0.05) is 41.6 Å². The summed E-state index contributed by atoms with van der Waals surface area (Å²) in [6, 6.07) is 18.5. The lowest BCUT2D eigenvalue weighted by atomic mass is 9.91. The predicted octanol–water partition coefficient (Wildman–Crippen LogP) is 6.54. The molecule has 0 amide bonds. The number of hydrogen-bond acceptors (Lipinski definition) is 3. The molecule has 0 aliphatic carbocycles. The van der Waals surface area contributed by atoms with E-state index in [0.717, 1.165) is 36.6 Å². The van der Waals surface area contributed by atoms with E-state index in [0.29, 0.717) is 16.1 Å². The quantitative estimate of drug-likeness (QED) is 0.482. The highest BCUT2D eigenvalue weighted by molar-refractivity contribution is 6.36. The molecule has 1 saturated heterocycles. The van der Waals surface area contributed by atoms with Crippen LogP contribution in [0.3, 0.4) is 0 Å². The Morgan fingerprint density at radius 2 is 1.79 bits per heavy atom. The van der Waals surface area contributed by atoms with E-state index in [4.69, 9.17) is 34.8 Å². The molecule has 1 N–H and O–H groups in total. The fraction of sp³-hybridized carbons (Fsp3) is 0.261. The van der Waals surface area contributed by atoms with Crippen molar-refractivity contribution in [3.8, 4) is 0 Å². The Labute approximate surface area is 186 Å². The number of aromatic nitrogens is 1. The van der Waals surface area contributed by atoms with E-state index in [1.807, 2.05) is 42.6 Å². The van der Waals surface area contributed by atoms with Gasteiger partial charge in [0.25, 0.3) is 0 Å². The van der Waals surface area contributed by atoms with Crippen LogP contribution in [0.5, 0.6) is 0 Å². The number of nitrogens with one attached hydrogen (secondary N) is 1. The first-order valence-corrected chi connectivity index (χ1v) is 10.8. The van der Waals surface area contributed by atoms with Gasteiger partial charge >= 0.3 is 0 Å². The SMILES string of the molecule is Clc1ccc(C2CC(NCc3cccnc3)CCN2c2ccc(Cl)cc2Cl)cc1. The summed E-state index contributed by atoms with van der Waals surface area (Å²) in [5.41, 5.74) is 3.44. The van der Waals surface area contributed by atoms with Crippen LogP contribution in [0.4, 0.5) is 5.69 Å². The molecule has 29 heavy (non-hydrogen) atoms. The van der Waals surface area contributed by atoms with Crippen molar-refractivity contribution in [2.24, 2.45) is 0 Å². The Bertz CT molecular complexity index is 947. The third kappa shape index (κ3) is 5.04. The van der Waals surface area contributed by atoms with E-state index in [9.17, 15) is 0 Å². The molecular formula is C23H22Cl3N3. The molecule has 1 fully saturated rings. The maximum Gasteiger partial charge on any atom is 0.0654 e. The number of rotatable bonds is 5. The fourth-order valence-electron chi connectivity index (χ4n) is 3.92. The molecule has 1 aliphatic heterocycles. The molecule has 3 aromatic rings. The maximum atomic E-state index is 6.55. The third-order valence-electron chi connectivity index (χ3n) is 5.39. The van der Waals surface area contributed by atoms with Crippen molar-refractivity contribution in [2.75, 3.05) is 11.4 Å². The molecule has 2 atom stereocenters. The number of nitrogens with zero attached hydrogens (tertiary/aromatic N) is 2. The Morgan fingerprint density at radius 1 is 1.00 bits per heavy atom. The minimum absolute atomic E-state index is 0.200. The van der Waals surface area contributed by atoms with Crippen LogP contribution in [-0.2, 0) is 6.54 Å². The smallest absolute Gasteiger partial charge is 0.0654 e. The molecule has 0 radical (unpaired) electrons. The topological polar surface area (TPSA) is 28.2 Å². The van der Waals surface area contributed by atoms with Gasteiger partial charge in [-0.25, -0.2) is 0 Å². The van der Waals surface area contributed by atoms with Crippen molar-refractivity contribution in [1.29, 1.82) is 0 Å². The number of piperidine rings is 1. The van der Waals surface area contributed by atoms with Crippen LogP contribution in [0.2, 0.25) is 15.1 Å². The van der Waals surface area contributed by atoms with Gasteiger partial charge in [-0.3, -0.25) is 4.98 Å². The summed E-state index contributed by atoms with van der Waals surface area (Å²) in [5, 5.41) is 5.77. The zero-order valence-electron chi connectivity index (χ0n) is 15.9. The van der Waals surface area contributed by atoms with Crippen molar-refractivity contribution < 1.29 is 0 Å². The average molecular weight is 447 g/mol. The standard InChI is InChI=1S/C23H22Cl3N3/c24-18-5-3-17(4-6-18)23-13-20(28-15-16-2-1-10-27-14-16)9-11-29(23)22-8-7-19(25)12-21(22)26/h1-8,10,12,14,20,23,28H,9,11,13,15H2. The predicted molar refractivity (Wildman–Crippen MR) is 122 cm³/mol. The minimum atomic E-state index is 0.200. The van der Waals surface area contributed by atoms with Crippen molar-refractivity contribution in [1.82, 2.24) is 10.3 Å². The molecule has 2 unspecified atom stereocenters. The highest BCUT2D eigenvalue weighted by atomic mass is 35.5. The van der Waals surface area contributed by atoms with Gasteiger partial charge in [-0.1, -0.05) is 53.0 Å². The lowest BCUT2D eigenvalue weighted by Crippen LogP contribution is -2.44. The van der Waals surface area contributed by atoms with Gasteiger partial charge in [-0.15, -0.1) is 0 Å². The van der Waals surface area contributed by atoms with Crippen molar-refractivity contribution >= 4 is 40.5 Å². The van der Waals surface area contributed by atoms with E-state index in [1.165, 1.54) is 11.1 Å². The molecule has 1 aliphatic rings. The molecule has 2 heterocycles. The van der Waals surface area contributed by atoms with Crippen molar-refractivity contribution in [3.05, 3.63) is 93.2 Å². The van der Waals surface area contributed by atoms with Gasteiger partial charge in [0.1, 0.15) is 0 Å². The molecule has 0 bridgehead atoms. The lowest BCUT2D eigenvalue weighted by molar-refractivity contribution is 0.359. The van der Waals surface area contributed by atoms with Crippen LogP contribution in [-0.4, -0.2) is 17.6 Å². The number of anilines is 1. The summed E-state index contributed by atoms with van der Waals surface area (Å²) in [6.07, 6.45) is 5.71. The monoisotopic (exact) mass is 445 g/mol. The Morgan fingerprint density at radius 3 is 2.52 bits per heavy atom. The van der Waals surface area contributed by atoms with Crippen molar-refractivity contribution in [3.63, 3.8) is 0 Å². The van der Waals surface area contributed by atoms with Crippen LogP contribution in [0.15, 0.2) is 67.0 Å². The van der Waals surface area contributed by atoms with Gasteiger partial charge in [-0.2, -0.15) is 0 Å². The molecule has 6 heteroatoms. The van der Waals surface area contributed by atoms with Gasteiger partial charge in [0.2, 0.25) is 0 Å². The third-order valence-corrected chi connectivity index (χ3v) is 6.18. The summed E-state index contributed by atoms with van der Waals surface area (Å²) in [5.74, 6) is 0. The van der Waals surface area contributed by atoms with Gasteiger partial charge in [0.15, 0.2) is 0 Å². The second-order valence-corrected chi connectivity index (χ2v) is 8.60. The van der Waals surface area contributed by atoms with Crippen LogP contribution >= 0.6 is 34.8 Å². The van der Waals surface area contributed by atoms with Gasteiger partial charge in [-0.05, 0) is 60.4 Å². The zero-order valence-corrected chi connectivity index (χ0v) is 18.1. The lowest BCUT2D eigenvalue weighted by Gasteiger charge is -2.42. The Hall–Kier alpha value is -1.78. The van der Waals surface area contributed by atoms with Crippen LogP contribution in [0.1, 0.15) is 30.0 Å². The average Bonchev–Trinajstić information content (AvgIpc) is 2.74. The number of pyridine rings is 1. The number of halogens is 3. The molecule has 3 nitrogen and oxygen atoms in total. The molecule has 1 aromatic heterocycles. The summed E-state index contributed by atoms with van der Waals surface area (Å²) in [6.45, 7) is 1.72. The van der Waals surface area contributed by atoms with E-state index < -0.39 is 0 Å². The van der Waals surface area contributed by atoms with E-state index in [-0.39, 0.29) is 6.04 Å². The highest BCUT2D eigenvalue weighted by Gasteiger charge is 2.30. The van der Waals surface area contributed by atoms with Crippen LogP contribution in [0.25, 0.3) is 0 Å². The van der Waals surface area contributed by atoms with E-state index in [2.05, 4.69) is 33.4 Å². The maximum absolute atomic E-state index is 6.55. The fourth-order valence-corrected chi connectivity index (χ4v) is 4.56. The normalized spacial score (nSPS) is 19.3. The summed E-state index contributed by atoms with van der Waals surface area (Å²) in [7, 11) is 0. The molecule has 4 rings (SSSR count). The first-order chi connectivity index (χ1) is 14.1. The Balaban J connectivity index is 1.56. The highest BCUT2D eigenvalue weighted by Crippen LogP contribution is 2.39. The van der Waals surface area contributed by atoms with E-state index >= 15 is 0 Å². The zero-order chi connectivity index (χ0) is 20.2. The molecule has 0 spiro atoms. The first-order valence-electron chi connectivity index (χ1n) is 9.69. The Kier molecular flexibility index (Phi) is 6.61. The summed E-state index contributed by atoms with van der Waals surface area (Å²) < 4.78 is 0. The van der Waals surface area contributed by atoms with E-state index in [1.54, 1.807) is 6.20 Å². The largest absolute Gasteiger partial charge is 0.363 e. The van der Waals surface area contributed by atoms with Gasteiger partial charge < -0.3 is 10.2 Å². The number of benzene rings is 2. The van der Waals surface area contributed by atoms with Crippen LogP contribution in [0, 0.1) is 0 Å². The second kappa shape index (κ2) is 9.36. The van der Waals surface area contributed by atoms with Crippen LogP contribution < -0.4 is 10.2 Å². The number of hydrogen-bond donors (Lipinski definition) is 1. The summed E-state index contributed by atoms with van der Waals surface area (Å²) >= 11 is 18.8. The molecular weight excluding hydrogens is 425 g/mol. The summed E-state index contributed by atoms with van der Waals surface area (Å²) in [4.78, 5) is 6.58. The van der Waals surface area contributed by atoms with Gasteiger partial charge in [0.05, 0.1) is 16.8 Å².